The lowest BCUT2D eigenvalue weighted by molar-refractivity contribution is 0.701. The molecule has 1 saturated carbocycles. The third kappa shape index (κ3) is 3.40. The Labute approximate surface area is 98.3 Å². The summed E-state index contributed by atoms with van der Waals surface area (Å²) in [6.07, 6.45) is 3.71. The van der Waals surface area contributed by atoms with Crippen LogP contribution in [-0.2, 0) is 6.54 Å². The molecule has 0 bridgehead atoms. The molecule has 0 amide bonds. The van der Waals surface area contributed by atoms with Gasteiger partial charge >= 0.3 is 0 Å². The Morgan fingerprint density at radius 2 is 2.00 bits per heavy atom. The summed E-state index contributed by atoms with van der Waals surface area (Å²) in [5, 5.41) is 3.40. The van der Waals surface area contributed by atoms with Gasteiger partial charge in [0.15, 0.2) is 0 Å². The first kappa shape index (κ1) is 11.2. The van der Waals surface area contributed by atoms with E-state index in [0.29, 0.717) is 0 Å². The van der Waals surface area contributed by atoms with Crippen molar-refractivity contribution < 1.29 is 0 Å². The third-order valence-corrected chi connectivity index (χ3v) is 2.96. The lowest BCUT2D eigenvalue weighted by Crippen LogP contribution is -2.14. The van der Waals surface area contributed by atoms with Gasteiger partial charge in [-0.3, -0.25) is 0 Å². The van der Waals surface area contributed by atoms with Gasteiger partial charge in [-0.25, -0.2) is 0 Å². The molecule has 1 aromatic rings. The van der Waals surface area contributed by atoms with E-state index in [-0.39, 0.29) is 0 Å². The fraction of sp³-hybridized carbons (Fsp3) is 0.467. The van der Waals surface area contributed by atoms with Crippen LogP contribution in [0.2, 0.25) is 0 Å². The summed E-state index contributed by atoms with van der Waals surface area (Å²) in [6.45, 7) is 3.82. The van der Waals surface area contributed by atoms with Crippen molar-refractivity contribution in [1.82, 2.24) is 5.32 Å². The van der Waals surface area contributed by atoms with Crippen molar-refractivity contribution in [3.8, 4) is 11.8 Å². The van der Waals surface area contributed by atoms with Crippen molar-refractivity contribution in [2.75, 3.05) is 6.54 Å². The Morgan fingerprint density at radius 3 is 2.62 bits per heavy atom. The highest BCUT2D eigenvalue weighted by Crippen LogP contribution is 2.39. The highest BCUT2D eigenvalue weighted by Gasteiger charge is 2.22. The quantitative estimate of drug-likeness (QED) is 0.585. The van der Waals surface area contributed by atoms with E-state index in [1.165, 1.54) is 24.0 Å². The Morgan fingerprint density at radius 1 is 1.25 bits per heavy atom. The van der Waals surface area contributed by atoms with Crippen molar-refractivity contribution in [2.45, 2.75) is 38.6 Å². The zero-order valence-corrected chi connectivity index (χ0v) is 9.92. The van der Waals surface area contributed by atoms with E-state index in [2.05, 4.69) is 41.4 Å². The number of rotatable bonds is 5. The smallest absolute Gasteiger partial charge is 0.0214 e. The fourth-order valence-corrected chi connectivity index (χ4v) is 1.83. The molecule has 16 heavy (non-hydrogen) atoms. The van der Waals surface area contributed by atoms with E-state index >= 15 is 0 Å². The van der Waals surface area contributed by atoms with Gasteiger partial charge in [-0.05, 0) is 36.8 Å². The average Bonchev–Trinajstić information content (AvgIpc) is 3.14. The van der Waals surface area contributed by atoms with Crippen LogP contribution in [0.25, 0.3) is 0 Å². The molecule has 0 unspecified atom stereocenters. The van der Waals surface area contributed by atoms with E-state index in [9.17, 15) is 0 Å². The van der Waals surface area contributed by atoms with Crippen LogP contribution in [-0.4, -0.2) is 6.54 Å². The van der Waals surface area contributed by atoms with Gasteiger partial charge in [-0.15, -0.1) is 11.8 Å². The van der Waals surface area contributed by atoms with Crippen molar-refractivity contribution >= 4 is 0 Å². The number of nitrogens with one attached hydrogen (secondary N) is 1. The van der Waals surface area contributed by atoms with Gasteiger partial charge in [0, 0.05) is 19.5 Å². The summed E-state index contributed by atoms with van der Waals surface area (Å²) in [6, 6.07) is 9.04. The van der Waals surface area contributed by atoms with Gasteiger partial charge < -0.3 is 5.32 Å². The van der Waals surface area contributed by atoms with Gasteiger partial charge in [0.25, 0.3) is 0 Å². The van der Waals surface area contributed by atoms with Crippen LogP contribution in [0.5, 0.6) is 0 Å². The van der Waals surface area contributed by atoms with Gasteiger partial charge in [0.2, 0.25) is 0 Å². The van der Waals surface area contributed by atoms with Crippen molar-refractivity contribution in [2.24, 2.45) is 0 Å². The van der Waals surface area contributed by atoms with Gasteiger partial charge in [0.05, 0.1) is 0 Å². The summed E-state index contributed by atoms with van der Waals surface area (Å²) in [7, 11) is 0. The maximum absolute atomic E-state index is 3.40. The predicted octanol–water partition coefficient (Wildman–Crippen LogP) is 3.07. The lowest BCUT2D eigenvalue weighted by atomic mass is 10.1. The van der Waals surface area contributed by atoms with E-state index in [1.807, 2.05) is 6.92 Å². The normalized spacial score (nSPS) is 14.3. The van der Waals surface area contributed by atoms with Crippen molar-refractivity contribution in [3.05, 3.63) is 35.4 Å². The van der Waals surface area contributed by atoms with Crippen molar-refractivity contribution in [3.63, 3.8) is 0 Å². The molecular formula is C15H19N. The Balaban J connectivity index is 1.73. The minimum Gasteiger partial charge on any atom is -0.312 e. The SMILES string of the molecule is CC#CCCNCc1ccc(C2CC2)cc1. The molecule has 1 fully saturated rings. The largest absolute Gasteiger partial charge is 0.312 e. The topological polar surface area (TPSA) is 12.0 Å². The number of hydrogen-bond donors (Lipinski definition) is 1. The minimum atomic E-state index is 0.863. The van der Waals surface area contributed by atoms with Gasteiger partial charge in [-0.1, -0.05) is 24.3 Å². The molecule has 0 radical (unpaired) electrons. The van der Waals surface area contributed by atoms with Crippen LogP contribution in [0.1, 0.15) is 43.2 Å². The second-order valence-corrected chi connectivity index (χ2v) is 4.37. The van der Waals surface area contributed by atoms with Gasteiger partial charge in [0.1, 0.15) is 0 Å². The second kappa shape index (κ2) is 5.72. The Kier molecular flexibility index (Phi) is 4.02. The first-order valence-electron chi connectivity index (χ1n) is 6.09. The molecule has 2 rings (SSSR count). The molecule has 1 aliphatic carbocycles. The summed E-state index contributed by atoms with van der Waals surface area (Å²) in [5.74, 6) is 6.82. The molecule has 84 valence electrons. The molecule has 0 heterocycles. The highest BCUT2D eigenvalue weighted by atomic mass is 14.8. The standard InChI is InChI=1S/C15H19N/c1-2-3-4-11-16-12-13-5-7-14(8-6-13)15-9-10-15/h5-8,15-16H,4,9-12H2,1H3. The molecule has 1 nitrogen and oxygen atoms in total. The van der Waals surface area contributed by atoms with E-state index in [4.69, 9.17) is 0 Å². The lowest BCUT2D eigenvalue weighted by Gasteiger charge is -2.04. The molecule has 0 saturated heterocycles. The van der Waals surface area contributed by atoms with E-state index in [0.717, 1.165) is 25.4 Å². The molecule has 1 heteroatoms. The molecule has 1 N–H and O–H groups in total. The van der Waals surface area contributed by atoms with Crippen LogP contribution < -0.4 is 5.32 Å². The summed E-state index contributed by atoms with van der Waals surface area (Å²) in [5.41, 5.74) is 2.88. The molecule has 0 spiro atoms. The van der Waals surface area contributed by atoms with E-state index in [1.54, 1.807) is 0 Å². The predicted molar refractivity (Wildman–Crippen MR) is 68.2 cm³/mol. The molecule has 1 aromatic carbocycles. The number of hydrogen-bond acceptors (Lipinski definition) is 1. The molecule has 0 aliphatic heterocycles. The van der Waals surface area contributed by atoms with Crippen LogP contribution >= 0.6 is 0 Å². The second-order valence-electron chi connectivity index (χ2n) is 4.37. The first-order chi connectivity index (χ1) is 7.90. The molecule has 1 aliphatic rings. The van der Waals surface area contributed by atoms with Crippen LogP contribution in [0.4, 0.5) is 0 Å². The maximum Gasteiger partial charge on any atom is 0.0214 e. The summed E-state index contributed by atoms with van der Waals surface area (Å²) in [4.78, 5) is 0. The third-order valence-electron chi connectivity index (χ3n) is 2.96. The first-order valence-corrected chi connectivity index (χ1v) is 6.09. The van der Waals surface area contributed by atoms with Crippen LogP contribution in [0.15, 0.2) is 24.3 Å². The zero-order valence-electron chi connectivity index (χ0n) is 9.92. The monoisotopic (exact) mass is 213 g/mol. The Bertz CT molecular complexity index is 376. The zero-order chi connectivity index (χ0) is 11.2. The fourth-order valence-electron chi connectivity index (χ4n) is 1.83. The summed E-state index contributed by atoms with van der Waals surface area (Å²) < 4.78 is 0. The van der Waals surface area contributed by atoms with E-state index < -0.39 is 0 Å². The Hall–Kier alpha value is -1.26. The average molecular weight is 213 g/mol. The van der Waals surface area contributed by atoms with Crippen molar-refractivity contribution in [1.29, 1.82) is 0 Å². The summed E-state index contributed by atoms with van der Waals surface area (Å²) >= 11 is 0. The van der Waals surface area contributed by atoms with Crippen LogP contribution in [0.3, 0.4) is 0 Å². The minimum absolute atomic E-state index is 0.863. The van der Waals surface area contributed by atoms with Gasteiger partial charge in [-0.2, -0.15) is 0 Å². The highest BCUT2D eigenvalue weighted by molar-refractivity contribution is 5.27. The maximum atomic E-state index is 3.40. The molecule has 0 aromatic heterocycles. The number of benzene rings is 1. The molecular weight excluding hydrogens is 194 g/mol. The molecule has 0 atom stereocenters. The van der Waals surface area contributed by atoms with Crippen LogP contribution in [0, 0.1) is 11.8 Å².